The highest BCUT2D eigenvalue weighted by Gasteiger charge is 2.45. The first-order valence-corrected chi connectivity index (χ1v) is 6.78. The highest BCUT2D eigenvalue weighted by Crippen LogP contribution is 2.45. The zero-order chi connectivity index (χ0) is 15.0. The minimum Gasteiger partial charge on any atom is -0.480 e. The van der Waals surface area contributed by atoms with Gasteiger partial charge in [-0.25, -0.2) is 0 Å². The van der Waals surface area contributed by atoms with Crippen LogP contribution < -0.4 is 4.90 Å². The van der Waals surface area contributed by atoms with Gasteiger partial charge in [-0.05, 0) is 24.1 Å². The number of carboxylic acids is 1. The van der Waals surface area contributed by atoms with Crippen LogP contribution in [0.1, 0.15) is 18.1 Å². The van der Waals surface area contributed by atoms with Crippen molar-refractivity contribution < 1.29 is 9.90 Å². The van der Waals surface area contributed by atoms with Crippen molar-refractivity contribution in [2.45, 2.75) is 12.3 Å². The predicted octanol–water partition coefficient (Wildman–Crippen LogP) is 2.87. The molecule has 2 N–H and O–H groups in total. The molecule has 1 unspecified atom stereocenters. The Hall–Kier alpha value is -2.62. The fourth-order valence-corrected chi connectivity index (χ4v) is 3.01. The molecule has 1 aliphatic rings. The second kappa shape index (κ2) is 4.74. The van der Waals surface area contributed by atoms with Crippen molar-refractivity contribution in [2.75, 3.05) is 11.4 Å². The molecule has 106 valence electrons. The molecule has 21 heavy (non-hydrogen) atoms. The number of fused-ring (bicyclic) bond motifs is 1. The lowest BCUT2D eigenvalue weighted by molar-refractivity contribution is -0.135. The Morgan fingerprint density at radius 2 is 1.76 bits per heavy atom. The van der Waals surface area contributed by atoms with Gasteiger partial charge >= 0.3 is 5.97 Å². The lowest BCUT2D eigenvalue weighted by atomic mass is 9.77. The quantitative estimate of drug-likeness (QED) is 0.908. The van der Waals surface area contributed by atoms with Crippen molar-refractivity contribution in [3.05, 3.63) is 65.7 Å². The van der Waals surface area contributed by atoms with E-state index in [1.54, 1.807) is 4.90 Å². The summed E-state index contributed by atoms with van der Waals surface area (Å²) in [6.45, 7) is 1.78. The molecular formula is C17H16N2O2. The topological polar surface area (TPSA) is 64.4 Å². The van der Waals surface area contributed by atoms with Gasteiger partial charge in [-0.1, -0.05) is 48.5 Å². The maximum atomic E-state index is 11.1. The summed E-state index contributed by atoms with van der Waals surface area (Å²) in [5.74, 6) is -0.635. The van der Waals surface area contributed by atoms with E-state index in [0.29, 0.717) is 5.84 Å². The molecule has 0 saturated carbocycles. The number of anilines is 1. The van der Waals surface area contributed by atoms with E-state index in [1.165, 1.54) is 0 Å². The molecule has 1 atom stereocenters. The number of amidine groups is 1. The molecule has 0 aromatic heterocycles. The second-order valence-corrected chi connectivity index (χ2v) is 5.34. The normalized spacial score (nSPS) is 20.4. The molecule has 2 aromatic carbocycles. The maximum Gasteiger partial charge on any atom is 0.323 e. The Labute approximate surface area is 123 Å². The summed E-state index contributed by atoms with van der Waals surface area (Å²) in [6.07, 6.45) is 0. The van der Waals surface area contributed by atoms with E-state index >= 15 is 0 Å². The van der Waals surface area contributed by atoms with Crippen LogP contribution in [-0.2, 0) is 10.2 Å². The lowest BCUT2D eigenvalue weighted by Gasteiger charge is -2.27. The molecule has 1 heterocycles. The first kappa shape index (κ1) is 13.4. The van der Waals surface area contributed by atoms with Crippen LogP contribution in [-0.4, -0.2) is 23.5 Å². The van der Waals surface area contributed by atoms with Gasteiger partial charge in [-0.2, -0.15) is 0 Å². The molecule has 0 aliphatic carbocycles. The third kappa shape index (κ3) is 1.91. The van der Waals surface area contributed by atoms with Crippen LogP contribution in [0.3, 0.4) is 0 Å². The summed E-state index contributed by atoms with van der Waals surface area (Å²) in [4.78, 5) is 12.7. The van der Waals surface area contributed by atoms with Gasteiger partial charge in [0.15, 0.2) is 0 Å². The van der Waals surface area contributed by atoms with Crippen molar-refractivity contribution in [1.29, 1.82) is 5.41 Å². The number of carboxylic acid groups (broad SMARTS) is 1. The molecular weight excluding hydrogens is 264 g/mol. The molecule has 0 fully saturated rings. The maximum absolute atomic E-state index is 11.1. The summed E-state index contributed by atoms with van der Waals surface area (Å²) in [7, 11) is 0. The highest BCUT2D eigenvalue weighted by atomic mass is 16.4. The molecule has 0 spiro atoms. The van der Waals surface area contributed by atoms with Crippen LogP contribution in [0, 0.1) is 5.41 Å². The molecule has 0 radical (unpaired) electrons. The zero-order valence-corrected chi connectivity index (χ0v) is 11.7. The van der Waals surface area contributed by atoms with Crippen molar-refractivity contribution >= 4 is 17.5 Å². The van der Waals surface area contributed by atoms with E-state index in [4.69, 9.17) is 10.5 Å². The first-order chi connectivity index (χ1) is 10.0. The van der Waals surface area contributed by atoms with Gasteiger partial charge in [0, 0.05) is 5.69 Å². The minimum atomic E-state index is -0.938. The Bertz CT molecular complexity index is 712. The van der Waals surface area contributed by atoms with E-state index in [2.05, 4.69) is 0 Å². The number of rotatable bonds is 3. The Morgan fingerprint density at radius 3 is 2.43 bits per heavy atom. The molecule has 3 rings (SSSR count). The van der Waals surface area contributed by atoms with Gasteiger partial charge in [-0.3, -0.25) is 10.2 Å². The summed E-state index contributed by atoms with van der Waals surface area (Å²) >= 11 is 0. The van der Waals surface area contributed by atoms with Gasteiger partial charge in [0.2, 0.25) is 0 Å². The van der Waals surface area contributed by atoms with Crippen LogP contribution in [0.15, 0.2) is 54.6 Å². The average molecular weight is 280 g/mol. The number of benzene rings is 2. The summed E-state index contributed by atoms with van der Waals surface area (Å²) in [5, 5.41) is 17.7. The van der Waals surface area contributed by atoms with Crippen molar-refractivity contribution in [3.63, 3.8) is 0 Å². The van der Waals surface area contributed by atoms with Gasteiger partial charge in [-0.15, -0.1) is 0 Å². The molecule has 4 heteroatoms. The minimum absolute atomic E-state index is 0.196. The number of nitrogens with one attached hydrogen (secondary N) is 1. The number of aliphatic carboxylic acids is 1. The third-order valence-electron chi connectivity index (χ3n) is 4.12. The van der Waals surface area contributed by atoms with Crippen molar-refractivity contribution in [3.8, 4) is 0 Å². The molecule has 4 nitrogen and oxygen atoms in total. The van der Waals surface area contributed by atoms with E-state index in [0.717, 1.165) is 16.8 Å². The van der Waals surface area contributed by atoms with Gasteiger partial charge in [0.1, 0.15) is 12.4 Å². The van der Waals surface area contributed by atoms with E-state index in [-0.39, 0.29) is 6.54 Å². The Morgan fingerprint density at radius 1 is 1.14 bits per heavy atom. The average Bonchev–Trinajstić information content (AvgIpc) is 2.71. The number of para-hydroxylation sites is 1. The van der Waals surface area contributed by atoms with Crippen LogP contribution in [0.4, 0.5) is 5.69 Å². The molecule has 0 saturated heterocycles. The van der Waals surface area contributed by atoms with Crippen molar-refractivity contribution in [1.82, 2.24) is 0 Å². The van der Waals surface area contributed by atoms with Gasteiger partial charge in [0.25, 0.3) is 0 Å². The zero-order valence-electron chi connectivity index (χ0n) is 11.7. The number of nitrogens with zero attached hydrogens (tertiary/aromatic N) is 1. The number of hydrogen-bond acceptors (Lipinski definition) is 2. The third-order valence-corrected chi connectivity index (χ3v) is 4.12. The van der Waals surface area contributed by atoms with E-state index < -0.39 is 11.4 Å². The van der Waals surface area contributed by atoms with Crippen LogP contribution in [0.2, 0.25) is 0 Å². The number of carbonyl (C=O) groups is 1. The Balaban J connectivity index is 2.19. The molecule has 2 aromatic rings. The van der Waals surface area contributed by atoms with Gasteiger partial charge in [0.05, 0.1) is 5.41 Å². The monoisotopic (exact) mass is 280 g/mol. The lowest BCUT2D eigenvalue weighted by Crippen LogP contribution is -2.40. The fourth-order valence-electron chi connectivity index (χ4n) is 3.01. The van der Waals surface area contributed by atoms with Crippen molar-refractivity contribution in [2.24, 2.45) is 0 Å². The fraction of sp³-hybridized carbons (Fsp3) is 0.176. The summed E-state index contributed by atoms with van der Waals surface area (Å²) < 4.78 is 0. The molecule has 1 aliphatic heterocycles. The highest BCUT2D eigenvalue weighted by molar-refractivity contribution is 6.13. The summed E-state index contributed by atoms with van der Waals surface area (Å²) in [5.41, 5.74) is 2.15. The smallest absolute Gasteiger partial charge is 0.323 e. The molecule has 0 amide bonds. The SMILES string of the molecule is CC1(c2ccccc2)C(=N)N(CC(=O)O)c2ccccc21. The number of hydrogen-bond donors (Lipinski definition) is 2. The Kier molecular flexibility index (Phi) is 3.01. The van der Waals surface area contributed by atoms with Crippen LogP contribution >= 0.6 is 0 Å². The predicted molar refractivity (Wildman–Crippen MR) is 82.0 cm³/mol. The van der Waals surface area contributed by atoms with Gasteiger partial charge < -0.3 is 10.0 Å². The molecule has 0 bridgehead atoms. The van der Waals surface area contributed by atoms with E-state index in [9.17, 15) is 4.79 Å². The first-order valence-electron chi connectivity index (χ1n) is 6.78. The van der Waals surface area contributed by atoms with Crippen LogP contribution in [0.25, 0.3) is 0 Å². The van der Waals surface area contributed by atoms with Crippen LogP contribution in [0.5, 0.6) is 0 Å². The summed E-state index contributed by atoms with van der Waals surface area (Å²) in [6, 6.07) is 17.4. The van der Waals surface area contributed by atoms with E-state index in [1.807, 2.05) is 61.5 Å². The second-order valence-electron chi connectivity index (χ2n) is 5.34. The standard InChI is InChI=1S/C17H16N2O2/c1-17(12-7-3-2-4-8-12)13-9-5-6-10-14(13)19(16(17)18)11-15(20)21/h2-10,18H,11H2,1H3,(H,20,21). The largest absolute Gasteiger partial charge is 0.480 e.